The van der Waals surface area contributed by atoms with Crippen LogP contribution in [0.15, 0.2) is 43.0 Å². The Labute approximate surface area is 118 Å². The van der Waals surface area contributed by atoms with Crippen molar-refractivity contribution in [3.05, 3.63) is 48.6 Å². The lowest BCUT2D eigenvalue weighted by Crippen LogP contribution is -2.49. The zero-order chi connectivity index (χ0) is 15.0. The largest absolute Gasteiger partial charge is 0.467 e. The Balaban J connectivity index is 2.72. The van der Waals surface area contributed by atoms with E-state index in [1.165, 1.54) is 7.11 Å². The summed E-state index contributed by atoms with van der Waals surface area (Å²) in [6.07, 6.45) is 2.28. The number of benzene rings is 1. The average molecular weight is 276 g/mol. The van der Waals surface area contributed by atoms with Crippen LogP contribution in [0.3, 0.4) is 0 Å². The summed E-state index contributed by atoms with van der Waals surface area (Å²) < 4.78 is 4.71. The van der Waals surface area contributed by atoms with Crippen LogP contribution in [0.25, 0.3) is 0 Å². The first-order valence-electron chi connectivity index (χ1n) is 6.37. The predicted molar refractivity (Wildman–Crippen MR) is 76.9 cm³/mol. The van der Waals surface area contributed by atoms with E-state index in [4.69, 9.17) is 10.5 Å². The molecule has 0 aliphatic rings. The lowest BCUT2D eigenvalue weighted by atomic mass is 10.1. The van der Waals surface area contributed by atoms with Gasteiger partial charge in [-0.15, -0.1) is 6.58 Å². The van der Waals surface area contributed by atoms with Gasteiger partial charge in [-0.25, -0.2) is 4.79 Å². The van der Waals surface area contributed by atoms with Crippen molar-refractivity contribution in [2.45, 2.75) is 24.9 Å². The number of esters is 1. The molecule has 5 heteroatoms. The van der Waals surface area contributed by atoms with Gasteiger partial charge in [0, 0.05) is 6.42 Å². The van der Waals surface area contributed by atoms with Crippen molar-refractivity contribution in [2.24, 2.45) is 5.73 Å². The van der Waals surface area contributed by atoms with E-state index in [9.17, 15) is 9.59 Å². The Hall–Kier alpha value is -2.14. The van der Waals surface area contributed by atoms with Crippen LogP contribution >= 0.6 is 0 Å². The summed E-state index contributed by atoms with van der Waals surface area (Å²) in [5.41, 5.74) is 6.61. The number of ether oxygens (including phenoxy) is 1. The first kappa shape index (κ1) is 15.9. The third-order valence-electron chi connectivity index (χ3n) is 2.84. The second-order valence-corrected chi connectivity index (χ2v) is 4.40. The second-order valence-electron chi connectivity index (χ2n) is 4.40. The molecule has 0 spiro atoms. The number of rotatable bonds is 7. The molecule has 1 aromatic carbocycles. The van der Waals surface area contributed by atoms with E-state index in [2.05, 4.69) is 11.9 Å². The topological polar surface area (TPSA) is 81.4 Å². The first-order chi connectivity index (χ1) is 9.58. The number of hydrogen-bond acceptors (Lipinski definition) is 4. The number of carbonyl (C=O) groups is 2. The van der Waals surface area contributed by atoms with Crippen LogP contribution < -0.4 is 11.1 Å². The van der Waals surface area contributed by atoms with Crippen LogP contribution in [-0.2, 0) is 20.7 Å². The average Bonchev–Trinajstić information content (AvgIpc) is 2.47. The minimum atomic E-state index is -0.745. The van der Waals surface area contributed by atoms with E-state index in [1.54, 1.807) is 6.08 Å². The van der Waals surface area contributed by atoms with Gasteiger partial charge in [0.2, 0.25) is 5.91 Å². The highest BCUT2D eigenvalue weighted by molar-refractivity contribution is 5.87. The molecule has 1 amide bonds. The highest BCUT2D eigenvalue weighted by Gasteiger charge is 2.24. The summed E-state index contributed by atoms with van der Waals surface area (Å²) in [6.45, 7) is 3.53. The molecule has 3 N–H and O–H groups in total. The molecule has 2 unspecified atom stereocenters. The monoisotopic (exact) mass is 276 g/mol. The number of carbonyl (C=O) groups excluding carboxylic acids is 2. The first-order valence-corrected chi connectivity index (χ1v) is 6.37. The maximum atomic E-state index is 11.9. The quantitative estimate of drug-likeness (QED) is 0.570. The van der Waals surface area contributed by atoms with Crippen LogP contribution in [-0.4, -0.2) is 31.1 Å². The second kappa shape index (κ2) is 8.12. The number of nitrogens with two attached hydrogens (primary N) is 1. The van der Waals surface area contributed by atoms with Crippen molar-refractivity contribution < 1.29 is 14.3 Å². The standard InChI is InChI=1S/C15H20N2O3/c1-3-7-12(16)14(18)17-13(15(19)20-2)10-11-8-5-4-6-9-11/h3-6,8-9,12-13H,1,7,10,16H2,2H3,(H,17,18). The molecule has 2 atom stereocenters. The van der Waals surface area contributed by atoms with Crippen LogP contribution in [0, 0.1) is 0 Å². The van der Waals surface area contributed by atoms with Gasteiger partial charge in [0.25, 0.3) is 0 Å². The summed E-state index contributed by atoms with van der Waals surface area (Å²) in [4.78, 5) is 23.6. The molecule has 0 aliphatic heterocycles. The molecule has 1 aromatic rings. The molecule has 5 nitrogen and oxygen atoms in total. The van der Waals surface area contributed by atoms with E-state index in [1.807, 2.05) is 30.3 Å². The number of methoxy groups -OCH3 is 1. The van der Waals surface area contributed by atoms with E-state index < -0.39 is 24.0 Å². The minimum Gasteiger partial charge on any atom is -0.467 e. The molecule has 0 aromatic heterocycles. The van der Waals surface area contributed by atoms with Crippen molar-refractivity contribution in [2.75, 3.05) is 7.11 Å². The van der Waals surface area contributed by atoms with Gasteiger partial charge in [-0.1, -0.05) is 36.4 Å². The fourth-order valence-electron chi connectivity index (χ4n) is 1.75. The third kappa shape index (κ3) is 4.85. The molecule has 0 bridgehead atoms. The van der Waals surface area contributed by atoms with Crippen LogP contribution in [0.4, 0.5) is 0 Å². The van der Waals surface area contributed by atoms with Crippen molar-refractivity contribution >= 4 is 11.9 Å². The summed E-state index contributed by atoms with van der Waals surface area (Å²) in [5.74, 6) is -0.885. The third-order valence-corrected chi connectivity index (χ3v) is 2.84. The Kier molecular flexibility index (Phi) is 6.46. The van der Waals surface area contributed by atoms with Crippen LogP contribution in [0.1, 0.15) is 12.0 Å². The van der Waals surface area contributed by atoms with Crippen LogP contribution in [0.2, 0.25) is 0 Å². The lowest BCUT2D eigenvalue weighted by Gasteiger charge is -2.18. The lowest BCUT2D eigenvalue weighted by molar-refractivity contribution is -0.145. The number of hydrogen-bond donors (Lipinski definition) is 2. The smallest absolute Gasteiger partial charge is 0.328 e. The van der Waals surface area contributed by atoms with E-state index >= 15 is 0 Å². The van der Waals surface area contributed by atoms with Crippen molar-refractivity contribution in [3.8, 4) is 0 Å². The van der Waals surface area contributed by atoms with Crippen LogP contribution in [0.5, 0.6) is 0 Å². The number of nitrogens with one attached hydrogen (secondary N) is 1. The van der Waals surface area contributed by atoms with Gasteiger partial charge in [0.15, 0.2) is 0 Å². The van der Waals surface area contributed by atoms with E-state index in [0.29, 0.717) is 12.8 Å². The highest BCUT2D eigenvalue weighted by Crippen LogP contribution is 2.05. The van der Waals surface area contributed by atoms with Gasteiger partial charge >= 0.3 is 5.97 Å². The maximum Gasteiger partial charge on any atom is 0.328 e. The van der Waals surface area contributed by atoms with E-state index in [0.717, 1.165) is 5.56 Å². The van der Waals surface area contributed by atoms with Gasteiger partial charge in [0.1, 0.15) is 6.04 Å². The van der Waals surface area contributed by atoms with Crippen molar-refractivity contribution in [1.82, 2.24) is 5.32 Å². The molecule has 108 valence electrons. The molecule has 0 heterocycles. The van der Waals surface area contributed by atoms with Gasteiger partial charge in [-0.05, 0) is 12.0 Å². The van der Waals surface area contributed by atoms with Gasteiger partial charge < -0.3 is 15.8 Å². The molecule has 1 rings (SSSR count). The zero-order valence-electron chi connectivity index (χ0n) is 11.5. The Morgan fingerprint density at radius 2 is 2.05 bits per heavy atom. The molecule has 0 radical (unpaired) electrons. The molecule has 0 aliphatic carbocycles. The molecule has 0 saturated heterocycles. The van der Waals surface area contributed by atoms with E-state index in [-0.39, 0.29) is 0 Å². The molecular weight excluding hydrogens is 256 g/mol. The Morgan fingerprint density at radius 1 is 1.40 bits per heavy atom. The predicted octanol–water partition coefficient (Wildman–Crippen LogP) is 0.790. The summed E-state index contributed by atoms with van der Waals surface area (Å²) in [7, 11) is 1.29. The fourth-order valence-corrected chi connectivity index (χ4v) is 1.75. The summed E-state index contributed by atoms with van der Waals surface area (Å²) >= 11 is 0. The Morgan fingerprint density at radius 3 is 2.60 bits per heavy atom. The molecule has 20 heavy (non-hydrogen) atoms. The van der Waals surface area contributed by atoms with Crippen molar-refractivity contribution in [1.29, 1.82) is 0 Å². The van der Waals surface area contributed by atoms with Gasteiger partial charge in [0.05, 0.1) is 13.2 Å². The molecular formula is C15H20N2O3. The molecule has 0 fully saturated rings. The maximum absolute atomic E-state index is 11.9. The number of amides is 1. The van der Waals surface area contributed by atoms with Gasteiger partial charge in [-0.2, -0.15) is 0 Å². The van der Waals surface area contributed by atoms with Gasteiger partial charge in [-0.3, -0.25) is 4.79 Å². The zero-order valence-corrected chi connectivity index (χ0v) is 11.5. The SMILES string of the molecule is C=CCC(N)C(=O)NC(Cc1ccccc1)C(=O)OC. The fraction of sp³-hybridized carbons (Fsp3) is 0.333. The highest BCUT2D eigenvalue weighted by atomic mass is 16.5. The summed E-state index contributed by atoms with van der Waals surface area (Å²) in [5, 5.41) is 2.61. The minimum absolute atomic E-state index is 0.352. The Bertz CT molecular complexity index is 459. The van der Waals surface area contributed by atoms with Crippen molar-refractivity contribution in [3.63, 3.8) is 0 Å². The normalized spacial score (nSPS) is 13.1. The summed E-state index contributed by atoms with van der Waals surface area (Å²) in [6, 6.07) is 7.93. The molecule has 0 saturated carbocycles.